The Morgan fingerprint density at radius 1 is 0.968 bits per heavy atom. The van der Waals surface area contributed by atoms with E-state index >= 15 is 0 Å². The summed E-state index contributed by atoms with van der Waals surface area (Å²) in [4.78, 5) is 55.0. The Labute approximate surface area is 366 Å². The second-order valence-corrected chi connectivity index (χ2v) is 14.7. The fraction of sp³-hybridized carbons (Fsp3) is 0.396. The molecule has 2 aromatic rings. The number of allylic oxidation sites excluding steroid dienone is 9. The number of alkyl halides is 3. The van der Waals surface area contributed by atoms with Crippen molar-refractivity contribution in [3.8, 4) is 6.07 Å². The van der Waals surface area contributed by atoms with E-state index in [0.29, 0.717) is 50.4 Å². The Hall–Kier alpha value is -6.20. The van der Waals surface area contributed by atoms with Crippen molar-refractivity contribution in [2.75, 3.05) is 45.6 Å². The second kappa shape index (κ2) is 27.6. The van der Waals surface area contributed by atoms with Crippen LogP contribution < -0.4 is 5.32 Å². The molecular weight excluding hydrogens is 798 g/mol. The summed E-state index contributed by atoms with van der Waals surface area (Å²) in [5.41, 5.74) is 2.51. The van der Waals surface area contributed by atoms with Gasteiger partial charge in [0.1, 0.15) is 12.1 Å². The maximum absolute atomic E-state index is 13.9. The van der Waals surface area contributed by atoms with Crippen molar-refractivity contribution < 1.29 is 37.1 Å². The first kappa shape index (κ1) is 53.8. The molecule has 336 valence electrons. The summed E-state index contributed by atoms with van der Waals surface area (Å²) in [5.74, 6) is -0.437. The fourth-order valence-electron chi connectivity index (χ4n) is 5.64. The number of anilines is 1. The number of hydrogen-bond acceptors (Lipinski definition) is 8. The van der Waals surface area contributed by atoms with Gasteiger partial charge in [-0.2, -0.15) is 18.4 Å². The molecule has 0 unspecified atom stereocenters. The van der Waals surface area contributed by atoms with Crippen LogP contribution in [0.15, 0.2) is 125 Å². The maximum Gasteiger partial charge on any atom is 0.412 e. The number of nitrogens with one attached hydrogen (secondary N) is 1. The molecule has 14 heteroatoms. The summed E-state index contributed by atoms with van der Waals surface area (Å²) in [6.45, 7) is 16.6. The fourth-order valence-corrected chi connectivity index (χ4v) is 5.64. The number of carbonyl (C=O) groups is 4. The molecule has 0 spiro atoms. The number of benzene rings is 2. The van der Waals surface area contributed by atoms with Crippen LogP contribution in [0.4, 0.5) is 18.9 Å². The zero-order chi connectivity index (χ0) is 46.9. The predicted molar refractivity (Wildman–Crippen MR) is 240 cm³/mol. The van der Waals surface area contributed by atoms with E-state index in [9.17, 15) is 32.3 Å². The third-order valence-corrected chi connectivity index (χ3v) is 9.58. The summed E-state index contributed by atoms with van der Waals surface area (Å²) in [7, 11) is 3.36. The number of hydrogen-bond donors (Lipinski definition) is 1. The van der Waals surface area contributed by atoms with E-state index in [2.05, 4.69) is 10.1 Å². The molecule has 0 atom stereocenters. The Balaban J connectivity index is 0.00000138. The minimum absolute atomic E-state index is 0.0573. The van der Waals surface area contributed by atoms with Gasteiger partial charge in [-0.25, -0.2) is 0 Å². The summed E-state index contributed by atoms with van der Waals surface area (Å²) >= 11 is 0. The smallest absolute Gasteiger partial charge is 0.412 e. The van der Waals surface area contributed by atoms with Crippen molar-refractivity contribution in [1.29, 1.82) is 5.26 Å². The maximum atomic E-state index is 13.9. The molecule has 1 fully saturated rings. The lowest BCUT2D eigenvalue weighted by Crippen LogP contribution is -2.55. The van der Waals surface area contributed by atoms with Crippen molar-refractivity contribution >= 4 is 30.4 Å². The SMILES string of the molecule is CC.C\C=C/C=C\C(Nc1ccc(CN2CCN(C)CC2=O)cc1)=C(/C)CN(C=O)C(C)(C)C(=O)N(C)/C(=C/C=C(\C)C#N)C/C=C(\C)C(F)(F)F.O=COCc1ccccc1. The van der Waals surface area contributed by atoms with Crippen LogP contribution in [0.1, 0.15) is 72.9 Å². The van der Waals surface area contributed by atoms with E-state index in [1.165, 1.54) is 29.0 Å². The molecule has 62 heavy (non-hydrogen) atoms. The highest BCUT2D eigenvalue weighted by atomic mass is 19.4. The van der Waals surface area contributed by atoms with Gasteiger partial charge in [0.2, 0.25) is 12.3 Å². The summed E-state index contributed by atoms with van der Waals surface area (Å²) in [5, 5.41) is 12.6. The van der Waals surface area contributed by atoms with Crippen LogP contribution in [0.25, 0.3) is 0 Å². The Kier molecular flexibility index (Phi) is 24.0. The van der Waals surface area contributed by atoms with Crippen molar-refractivity contribution in [2.24, 2.45) is 0 Å². The molecule has 3 rings (SSSR count). The zero-order valence-electron chi connectivity index (χ0n) is 37.8. The van der Waals surface area contributed by atoms with Crippen molar-refractivity contribution in [2.45, 2.75) is 86.7 Å². The van der Waals surface area contributed by atoms with Crippen LogP contribution in [0.2, 0.25) is 0 Å². The van der Waals surface area contributed by atoms with Crippen LogP contribution in [0, 0.1) is 11.3 Å². The van der Waals surface area contributed by atoms with Gasteiger partial charge >= 0.3 is 6.18 Å². The van der Waals surface area contributed by atoms with Crippen LogP contribution in [0.3, 0.4) is 0 Å². The van der Waals surface area contributed by atoms with E-state index in [1.54, 1.807) is 20.8 Å². The minimum atomic E-state index is -4.52. The van der Waals surface area contributed by atoms with Crippen LogP contribution in [-0.2, 0) is 37.1 Å². The highest BCUT2D eigenvalue weighted by molar-refractivity contribution is 5.88. The molecular formula is C48H63F3N6O5. The van der Waals surface area contributed by atoms with Crippen molar-refractivity contribution in [1.82, 2.24) is 19.6 Å². The molecule has 0 bridgehead atoms. The van der Waals surface area contributed by atoms with Crippen LogP contribution in [-0.4, -0.2) is 96.3 Å². The summed E-state index contributed by atoms with van der Waals surface area (Å²) < 4.78 is 44.2. The van der Waals surface area contributed by atoms with Crippen molar-refractivity contribution in [3.63, 3.8) is 0 Å². The number of ether oxygens (including phenoxy) is 1. The number of carbonyl (C=O) groups excluding carboxylic acids is 4. The van der Waals surface area contributed by atoms with Gasteiger partial charge in [-0.15, -0.1) is 0 Å². The molecule has 1 N–H and O–H groups in total. The van der Waals surface area contributed by atoms with Gasteiger partial charge < -0.3 is 24.8 Å². The normalized spacial score (nSPS) is 14.5. The molecule has 3 amide bonds. The highest BCUT2D eigenvalue weighted by Crippen LogP contribution is 2.28. The molecule has 1 heterocycles. The van der Waals surface area contributed by atoms with Crippen LogP contribution in [0.5, 0.6) is 0 Å². The molecule has 1 aliphatic heterocycles. The lowest BCUT2D eigenvalue weighted by Gasteiger charge is -2.38. The third-order valence-electron chi connectivity index (χ3n) is 9.58. The zero-order valence-corrected chi connectivity index (χ0v) is 37.8. The van der Waals surface area contributed by atoms with E-state index in [4.69, 9.17) is 5.26 Å². The van der Waals surface area contributed by atoms with Gasteiger partial charge in [0.05, 0.1) is 12.6 Å². The van der Waals surface area contributed by atoms with Gasteiger partial charge in [0, 0.05) is 67.9 Å². The Morgan fingerprint density at radius 3 is 2.16 bits per heavy atom. The third kappa shape index (κ3) is 18.6. The highest BCUT2D eigenvalue weighted by Gasteiger charge is 2.37. The van der Waals surface area contributed by atoms with Crippen LogP contribution >= 0.6 is 0 Å². The average Bonchev–Trinajstić information content (AvgIpc) is 3.26. The average molecular weight is 861 g/mol. The first-order chi connectivity index (χ1) is 29.4. The number of likely N-dealkylation sites (N-methyl/N-ethyl adjacent to an activating group) is 2. The number of nitrogens with zero attached hydrogens (tertiary/aromatic N) is 5. The number of halogens is 3. The molecule has 0 aliphatic carbocycles. The van der Waals surface area contributed by atoms with Gasteiger partial charge in [-0.3, -0.25) is 24.1 Å². The molecule has 2 aromatic carbocycles. The number of amides is 3. The molecule has 1 aliphatic rings. The molecule has 0 radical (unpaired) electrons. The van der Waals surface area contributed by atoms with E-state index in [-0.39, 0.29) is 24.6 Å². The minimum Gasteiger partial charge on any atom is -0.463 e. The van der Waals surface area contributed by atoms with Gasteiger partial charge in [-0.1, -0.05) is 80.6 Å². The Bertz CT molecular complexity index is 1980. The van der Waals surface area contributed by atoms with E-state index in [1.807, 2.05) is 130 Å². The van der Waals surface area contributed by atoms with Gasteiger partial charge in [-0.05, 0) is 95.7 Å². The topological polar surface area (TPSA) is 126 Å². The van der Waals surface area contributed by atoms with Crippen molar-refractivity contribution in [3.05, 3.63) is 136 Å². The summed E-state index contributed by atoms with van der Waals surface area (Å²) in [6.07, 6.45) is 7.11. The van der Waals surface area contributed by atoms with Gasteiger partial charge in [0.15, 0.2) is 0 Å². The summed E-state index contributed by atoms with van der Waals surface area (Å²) in [6, 6.07) is 19.2. The monoisotopic (exact) mass is 860 g/mol. The largest absolute Gasteiger partial charge is 0.463 e. The quantitative estimate of drug-likeness (QED) is 0.0681. The number of nitriles is 1. The second-order valence-electron chi connectivity index (χ2n) is 14.7. The standard InChI is InChI=1S/C38H49F3N6O3.C8H8O2.C2H6/c1-9-10-11-12-34(43-32-17-15-31(16-18-32)25-46-22-21-44(7)26-35(46)49)29(3)24-47(27-48)37(5,6)36(50)45(8)33(19-13-28(2)23-42)20-14-30(4)38(39,40)41;9-7-10-6-8-4-2-1-3-5-8;1-2/h9-19,27,43H,20-22,24-26H2,1-8H3;1-5,7H,6H2;1-2H3/b10-9-,12-11-,28-13+,30-14+,33-19+,34-29-;;. The first-order valence-electron chi connectivity index (χ1n) is 20.3. The Morgan fingerprint density at radius 2 is 1.61 bits per heavy atom. The number of piperazine rings is 1. The molecule has 0 aromatic heterocycles. The first-order valence-corrected chi connectivity index (χ1v) is 20.3. The lowest BCUT2D eigenvalue weighted by atomic mass is 9.99. The van der Waals surface area contributed by atoms with E-state index in [0.717, 1.165) is 41.9 Å². The van der Waals surface area contributed by atoms with Gasteiger partial charge in [0.25, 0.3) is 12.4 Å². The lowest BCUT2D eigenvalue weighted by molar-refractivity contribution is -0.144. The predicted octanol–water partition coefficient (Wildman–Crippen LogP) is 9.11. The molecule has 0 saturated carbocycles. The molecule has 11 nitrogen and oxygen atoms in total. The number of rotatable bonds is 18. The van der Waals surface area contributed by atoms with E-state index < -0.39 is 23.2 Å². The molecule has 1 saturated heterocycles.